The summed E-state index contributed by atoms with van der Waals surface area (Å²) in [5.41, 5.74) is 0.662. The van der Waals surface area contributed by atoms with Crippen LogP contribution in [0.1, 0.15) is 40.5 Å². The number of methoxy groups -OCH3 is 1. The summed E-state index contributed by atoms with van der Waals surface area (Å²) in [4.78, 5) is 20.4. The van der Waals surface area contributed by atoms with Crippen LogP contribution in [0.25, 0.3) is 0 Å². The van der Waals surface area contributed by atoms with Crippen molar-refractivity contribution < 1.29 is 24.5 Å². The van der Waals surface area contributed by atoms with E-state index < -0.39 is 11.9 Å². The van der Waals surface area contributed by atoms with Crippen molar-refractivity contribution in [3.8, 4) is 0 Å². The number of rotatable bonds is 5. The van der Waals surface area contributed by atoms with E-state index in [0.29, 0.717) is 11.1 Å². The molecule has 2 aromatic rings. The highest BCUT2D eigenvalue weighted by Crippen LogP contribution is 1.96. The van der Waals surface area contributed by atoms with Crippen LogP contribution >= 0.6 is 0 Å². The molecule has 2 N–H and O–H groups in total. The predicted octanol–water partition coefficient (Wildman–Crippen LogP) is 4.20. The van der Waals surface area contributed by atoms with Crippen LogP contribution in [0.5, 0.6) is 0 Å². The van der Waals surface area contributed by atoms with Gasteiger partial charge in [-0.2, -0.15) is 0 Å². The number of hydrogen-bond donors (Lipinski definition) is 2. The normalized spacial score (nSPS) is 8.92. The van der Waals surface area contributed by atoms with Crippen LogP contribution in [0.3, 0.4) is 0 Å². The van der Waals surface area contributed by atoms with E-state index in [1.165, 1.54) is 12.8 Å². The summed E-state index contributed by atoms with van der Waals surface area (Å²) in [6.45, 7) is 3.07. The molecule has 2 aromatic carbocycles. The summed E-state index contributed by atoms with van der Waals surface area (Å²) >= 11 is 0. The van der Waals surface area contributed by atoms with Crippen molar-refractivity contribution >= 4 is 11.9 Å². The molecule has 0 heterocycles. The van der Waals surface area contributed by atoms with Crippen molar-refractivity contribution in [3.63, 3.8) is 0 Å². The quantitative estimate of drug-likeness (QED) is 0.802. The zero-order valence-corrected chi connectivity index (χ0v) is 14.0. The van der Waals surface area contributed by atoms with Crippen LogP contribution in [0.15, 0.2) is 60.7 Å². The highest BCUT2D eigenvalue weighted by Gasteiger charge is 1.97. The topological polar surface area (TPSA) is 83.8 Å². The first-order valence-corrected chi connectivity index (χ1v) is 7.58. The molecule has 0 amide bonds. The molecule has 0 atom stereocenters. The molecule has 130 valence electrons. The maximum absolute atomic E-state index is 10.2. The molecule has 0 bridgehead atoms. The third-order valence-electron chi connectivity index (χ3n) is 2.74. The van der Waals surface area contributed by atoms with Gasteiger partial charge in [0, 0.05) is 13.7 Å². The molecule has 0 aliphatic carbocycles. The van der Waals surface area contributed by atoms with Gasteiger partial charge in [-0.15, -0.1) is 0 Å². The fraction of sp³-hybridized carbons (Fsp3) is 0.263. The van der Waals surface area contributed by atoms with E-state index in [2.05, 4.69) is 6.92 Å². The van der Waals surface area contributed by atoms with Gasteiger partial charge in [-0.05, 0) is 30.7 Å². The standard InChI is InChI=1S/2C7H6O2.C5H12O/c2*8-7(9)6-4-2-1-3-5-6;1-3-4-5-6-2/h2*1-5H,(H,8,9);3-5H2,1-2H3. The van der Waals surface area contributed by atoms with E-state index in [-0.39, 0.29) is 0 Å². The molecule has 0 spiro atoms. The largest absolute Gasteiger partial charge is 0.478 e. The first kappa shape index (κ1) is 21.3. The second-order valence-electron chi connectivity index (χ2n) is 4.69. The van der Waals surface area contributed by atoms with E-state index in [0.717, 1.165) is 6.61 Å². The average molecular weight is 332 g/mol. The summed E-state index contributed by atoms with van der Waals surface area (Å²) in [5, 5.41) is 16.8. The van der Waals surface area contributed by atoms with E-state index in [4.69, 9.17) is 14.9 Å². The van der Waals surface area contributed by atoms with Gasteiger partial charge in [0.1, 0.15) is 0 Å². The van der Waals surface area contributed by atoms with Crippen molar-refractivity contribution in [2.75, 3.05) is 13.7 Å². The Balaban J connectivity index is 0.000000340. The summed E-state index contributed by atoms with van der Waals surface area (Å²) in [6, 6.07) is 16.6. The van der Waals surface area contributed by atoms with Crippen LogP contribution in [0.4, 0.5) is 0 Å². The number of carboxylic acids is 2. The Labute approximate surface area is 142 Å². The van der Waals surface area contributed by atoms with E-state index in [1.54, 1.807) is 67.8 Å². The molecule has 0 fully saturated rings. The highest BCUT2D eigenvalue weighted by atomic mass is 16.5. The molecule has 0 aliphatic heterocycles. The van der Waals surface area contributed by atoms with Gasteiger partial charge in [0.05, 0.1) is 11.1 Å². The molecule has 0 unspecified atom stereocenters. The third-order valence-corrected chi connectivity index (χ3v) is 2.74. The molecule has 0 saturated carbocycles. The molecule has 0 aliphatic rings. The molecular formula is C19H24O5. The molecule has 24 heavy (non-hydrogen) atoms. The number of carboxylic acid groups (broad SMARTS) is 2. The van der Waals surface area contributed by atoms with Gasteiger partial charge in [-0.25, -0.2) is 9.59 Å². The Morgan fingerprint density at radius 2 is 1.21 bits per heavy atom. The minimum atomic E-state index is -0.879. The highest BCUT2D eigenvalue weighted by molar-refractivity contribution is 5.87. The molecule has 0 aromatic heterocycles. The van der Waals surface area contributed by atoms with Crippen LogP contribution in [-0.2, 0) is 4.74 Å². The smallest absolute Gasteiger partial charge is 0.335 e. The van der Waals surface area contributed by atoms with Crippen LogP contribution in [0.2, 0.25) is 0 Å². The number of unbranched alkanes of at least 4 members (excludes halogenated alkanes) is 1. The van der Waals surface area contributed by atoms with E-state index >= 15 is 0 Å². The van der Waals surface area contributed by atoms with E-state index in [9.17, 15) is 9.59 Å². The Bertz CT molecular complexity index is 513. The van der Waals surface area contributed by atoms with E-state index in [1.807, 2.05) is 0 Å². The summed E-state index contributed by atoms with van der Waals surface area (Å²) in [7, 11) is 1.73. The average Bonchev–Trinajstić information content (AvgIpc) is 2.62. The van der Waals surface area contributed by atoms with Crippen LogP contribution < -0.4 is 0 Å². The molecule has 5 heteroatoms. The van der Waals surface area contributed by atoms with Crippen molar-refractivity contribution in [3.05, 3.63) is 71.8 Å². The number of ether oxygens (including phenoxy) is 1. The zero-order valence-electron chi connectivity index (χ0n) is 14.0. The fourth-order valence-corrected chi connectivity index (χ4v) is 1.45. The Morgan fingerprint density at radius 1 is 0.833 bits per heavy atom. The van der Waals surface area contributed by atoms with Gasteiger partial charge in [0.2, 0.25) is 0 Å². The Hall–Kier alpha value is -2.66. The maximum Gasteiger partial charge on any atom is 0.335 e. The SMILES string of the molecule is CCCCOC.O=C(O)c1ccccc1.O=C(O)c1ccccc1. The Morgan fingerprint density at radius 3 is 1.38 bits per heavy atom. The maximum atomic E-state index is 10.2. The second kappa shape index (κ2) is 14.0. The number of carbonyl (C=O) groups is 2. The molecule has 2 rings (SSSR count). The molecule has 0 saturated heterocycles. The van der Waals surface area contributed by atoms with Gasteiger partial charge in [-0.3, -0.25) is 0 Å². The lowest BCUT2D eigenvalue weighted by Crippen LogP contribution is -1.93. The first-order valence-electron chi connectivity index (χ1n) is 7.58. The Kier molecular flexibility index (Phi) is 12.4. The lowest BCUT2D eigenvalue weighted by molar-refractivity contribution is 0.0686. The van der Waals surface area contributed by atoms with Crippen LogP contribution in [0, 0.1) is 0 Å². The van der Waals surface area contributed by atoms with Crippen molar-refractivity contribution in [1.29, 1.82) is 0 Å². The summed E-state index contributed by atoms with van der Waals surface area (Å²) in [6.07, 6.45) is 2.42. The lowest BCUT2D eigenvalue weighted by atomic mass is 10.2. The lowest BCUT2D eigenvalue weighted by Gasteiger charge is -1.89. The number of hydrogen-bond acceptors (Lipinski definition) is 3. The summed E-state index contributed by atoms with van der Waals surface area (Å²) in [5.74, 6) is -1.76. The number of benzene rings is 2. The molecule has 0 radical (unpaired) electrons. The van der Waals surface area contributed by atoms with Gasteiger partial charge in [0.15, 0.2) is 0 Å². The minimum Gasteiger partial charge on any atom is -0.478 e. The summed E-state index contributed by atoms with van der Waals surface area (Å²) < 4.78 is 4.78. The van der Waals surface area contributed by atoms with Crippen molar-refractivity contribution in [1.82, 2.24) is 0 Å². The van der Waals surface area contributed by atoms with Crippen molar-refractivity contribution in [2.24, 2.45) is 0 Å². The van der Waals surface area contributed by atoms with Gasteiger partial charge in [0.25, 0.3) is 0 Å². The zero-order chi connectivity index (χ0) is 18.2. The molecular weight excluding hydrogens is 308 g/mol. The molecule has 5 nitrogen and oxygen atoms in total. The monoisotopic (exact) mass is 332 g/mol. The van der Waals surface area contributed by atoms with Crippen molar-refractivity contribution in [2.45, 2.75) is 19.8 Å². The van der Waals surface area contributed by atoms with Gasteiger partial charge in [-0.1, -0.05) is 49.7 Å². The first-order chi connectivity index (χ1) is 11.5. The number of aromatic carboxylic acids is 2. The minimum absolute atomic E-state index is 0.331. The fourth-order valence-electron chi connectivity index (χ4n) is 1.45. The second-order valence-corrected chi connectivity index (χ2v) is 4.69. The predicted molar refractivity (Wildman–Crippen MR) is 93.6 cm³/mol. The van der Waals surface area contributed by atoms with Crippen LogP contribution in [-0.4, -0.2) is 35.9 Å². The van der Waals surface area contributed by atoms with Gasteiger partial charge < -0.3 is 14.9 Å². The van der Waals surface area contributed by atoms with Gasteiger partial charge >= 0.3 is 11.9 Å². The third kappa shape index (κ3) is 11.0.